The molecule has 1 saturated carbocycles. The molecule has 0 saturated heterocycles. The van der Waals surface area contributed by atoms with E-state index in [1.54, 1.807) is 6.08 Å². The number of nitrogens with zero attached hydrogens (tertiary/aromatic N) is 4. The van der Waals surface area contributed by atoms with E-state index in [-0.39, 0.29) is 5.78 Å². The first-order chi connectivity index (χ1) is 21.7. The topological polar surface area (TPSA) is 68.7 Å². The van der Waals surface area contributed by atoms with Gasteiger partial charge >= 0.3 is 0 Å². The number of carbonyl (C=O) groups excluding carboxylic acids is 2. The van der Waals surface area contributed by atoms with Gasteiger partial charge in [-0.25, -0.2) is 9.97 Å². The second-order valence-electron chi connectivity index (χ2n) is 13.5. The molecule has 6 nitrogen and oxygen atoms in total. The fraction of sp³-hybridized carbons (Fsp3) is 0.526. The Labute approximate surface area is 276 Å². The SMILES string of the molecule is CC1CCCC(=O)C1.CC1CCCc2nc3ccc(Br)cn3c21.Cc1ccc2nc3c(n2c1)C(C)CCC3.O=C1C=CCCC1. The fourth-order valence-corrected chi connectivity index (χ4v) is 7.41. The zero-order valence-corrected chi connectivity index (χ0v) is 29.1. The Morgan fingerprint density at radius 2 is 1.33 bits per heavy atom. The summed E-state index contributed by atoms with van der Waals surface area (Å²) >= 11 is 3.52. The molecule has 3 atom stereocenters. The van der Waals surface area contributed by atoms with Crippen LogP contribution in [0.15, 0.2) is 53.3 Å². The molecule has 1 fully saturated rings. The monoisotopic (exact) mass is 672 g/mol. The van der Waals surface area contributed by atoms with Crippen molar-refractivity contribution >= 4 is 38.8 Å². The van der Waals surface area contributed by atoms with Crippen LogP contribution < -0.4 is 0 Å². The van der Waals surface area contributed by atoms with Crippen LogP contribution in [0.2, 0.25) is 0 Å². The Balaban J connectivity index is 0.000000125. The number of hydrogen-bond donors (Lipinski definition) is 0. The van der Waals surface area contributed by atoms with E-state index in [2.05, 4.69) is 94.1 Å². The van der Waals surface area contributed by atoms with E-state index < -0.39 is 0 Å². The van der Waals surface area contributed by atoms with E-state index >= 15 is 0 Å². The summed E-state index contributed by atoms with van der Waals surface area (Å²) in [6.07, 6.45) is 22.3. The maximum absolute atomic E-state index is 10.7. The number of aryl methyl sites for hydroxylation is 3. The molecule has 0 bridgehead atoms. The number of halogens is 1. The van der Waals surface area contributed by atoms with Crippen molar-refractivity contribution in [3.63, 3.8) is 0 Å². The zero-order chi connectivity index (χ0) is 31.9. The van der Waals surface area contributed by atoms with Gasteiger partial charge in [0.1, 0.15) is 17.1 Å². The van der Waals surface area contributed by atoms with Crippen molar-refractivity contribution in [3.05, 3.63) is 81.6 Å². The van der Waals surface area contributed by atoms with Crippen molar-refractivity contribution in [2.75, 3.05) is 0 Å². The number of Topliss-reactive ketones (excluding diaryl/α,β-unsaturated/α-hetero) is 1. The second kappa shape index (κ2) is 15.5. The van der Waals surface area contributed by atoms with Crippen LogP contribution in [0.3, 0.4) is 0 Å². The van der Waals surface area contributed by atoms with Gasteiger partial charge in [-0.3, -0.25) is 9.59 Å². The molecule has 8 rings (SSSR count). The number of ketones is 2. The Kier molecular flexibility index (Phi) is 11.5. The highest BCUT2D eigenvalue weighted by Gasteiger charge is 2.23. The molecule has 0 spiro atoms. The molecule has 0 aromatic carbocycles. The summed E-state index contributed by atoms with van der Waals surface area (Å²) in [5, 5.41) is 0. The number of pyridine rings is 2. The quantitative estimate of drug-likeness (QED) is 0.186. The van der Waals surface area contributed by atoms with E-state index in [0.29, 0.717) is 23.5 Å². The van der Waals surface area contributed by atoms with Gasteiger partial charge in [-0.2, -0.15) is 0 Å². The van der Waals surface area contributed by atoms with Crippen LogP contribution in [-0.2, 0) is 22.4 Å². The number of hydrogen-bond acceptors (Lipinski definition) is 4. The molecular formula is C38H49BrN4O2. The number of allylic oxidation sites excluding steroid dienone is 2. The molecule has 3 unspecified atom stereocenters. The molecule has 45 heavy (non-hydrogen) atoms. The number of aromatic nitrogens is 4. The van der Waals surface area contributed by atoms with Crippen LogP contribution in [-0.4, -0.2) is 30.3 Å². The van der Waals surface area contributed by atoms with Gasteiger partial charge in [0.25, 0.3) is 0 Å². The van der Waals surface area contributed by atoms with Crippen molar-refractivity contribution in [1.29, 1.82) is 0 Å². The fourth-order valence-electron chi connectivity index (χ4n) is 7.07. The minimum atomic E-state index is 0.284. The first kappa shape index (κ1) is 33.3. The predicted molar refractivity (Wildman–Crippen MR) is 186 cm³/mol. The summed E-state index contributed by atoms with van der Waals surface area (Å²) in [5.41, 5.74) is 8.97. The Hall–Kier alpha value is -3.06. The number of imidazole rings is 2. The Morgan fingerprint density at radius 1 is 0.733 bits per heavy atom. The van der Waals surface area contributed by atoms with Crippen LogP contribution in [0.1, 0.15) is 132 Å². The van der Waals surface area contributed by atoms with Gasteiger partial charge in [-0.05, 0) is 135 Å². The second-order valence-corrected chi connectivity index (χ2v) is 14.4. The highest BCUT2D eigenvalue weighted by atomic mass is 79.9. The van der Waals surface area contributed by atoms with Crippen LogP contribution in [0.4, 0.5) is 0 Å². The smallest absolute Gasteiger partial charge is 0.155 e. The molecule has 0 N–H and O–H groups in total. The van der Waals surface area contributed by atoms with E-state index in [1.165, 1.54) is 60.4 Å². The number of fused-ring (bicyclic) bond motifs is 6. The van der Waals surface area contributed by atoms with Crippen LogP contribution >= 0.6 is 15.9 Å². The maximum atomic E-state index is 10.7. The van der Waals surface area contributed by atoms with Crippen LogP contribution in [0.5, 0.6) is 0 Å². The van der Waals surface area contributed by atoms with Crippen molar-refractivity contribution in [1.82, 2.24) is 18.8 Å². The molecule has 240 valence electrons. The van der Waals surface area contributed by atoms with Gasteiger partial charge in [0, 0.05) is 47.5 Å². The third-order valence-electron chi connectivity index (χ3n) is 9.44. The predicted octanol–water partition coefficient (Wildman–Crippen LogP) is 9.68. The Bertz CT molecular complexity index is 1570. The summed E-state index contributed by atoms with van der Waals surface area (Å²) in [6, 6.07) is 8.40. The first-order valence-electron chi connectivity index (χ1n) is 17.0. The van der Waals surface area contributed by atoms with Gasteiger partial charge < -0.3 is 8.80 Å². The third kappa shape index (κ3) is 8.60. The third-order valence-corrected chi connectivity index (χ3v) is 9.91. The largest absolute Gasteiger partial charge is 0.303 e. The van der Waals surface area contributed by atoms with Gasteiger partial charge in [0.2, 0.25) is 0 Å². The van der Waals surface area contributed by atoms with Crippen molar-refractivity contribution < 1.29 is 9.59 Å². The minimum Gasteiger partial charge on any atom is -0.303 e. The normalized spacial score (nSPS) is 22.3. The van der Waals surface area contributed by atoms with Crippen LogP contribution in [0.25, 0.3) is 11.3 Å². The molecule has 4 aromatic heterocycles. The average molecular weight is 674 g/mol. The first-order valence-corrected chi connectivity index (χ1v) is 17.8. The molecule has 7 heteroatoms. The standard InChI is InChI=1S/C13H16N2.C12H13BrN2.C7H12O.C6H8O/c1-9-6-7-12-14-11-5-3-4-10(2)13(11)15(12)8-9;1-8-3-2-4-10-12(8)15-7-9(13)5-6-11(15)14-10;1-6-3-2-4-7(8)5-6;7-6-4-2-1-3-5-6/h6-8,10H,3-5H2,1-2H3;5-8H,2-4H2,1H3;6H,2-5H2,1H3;2,4H,1,3,5H2. The lowest BCUT2D eigenvalue weighted by molar-refractivity contribution is -0.121. The number of rotatable bonds is 0. The lowest BCUT2D eigenvalue weighted by Crippen LogP contribution is -2.11. The highest BCUT2D eigenvalue weighted by Crippen LogP contribution is 2.33. The lowest BCUT2D eigenvalue weighted by Gasteiger charge is -2.18. The average Bonchev–Trinajstić information content (AvgIpc) is 3.57. The van der Waals surface area contributed by atoms with E-state index in [4.69, 9.17) is 4.98 Å². The molecule has 4 aliphatic rings. The van der Waals surface area contributed by atoms with Gasteiger partial charge in [-0.1, -0.05) is 32.9 Å². The highest BCUT2D eigenvalue weighted by molar-refractivity contribution is 9.10. The molecular weight excluding hydrogens is 624 g/mol. The molecule has 0 radical (unpaired) electrons. The van der Waals surface area contributed by atoms with Crippen molar-refractivity contribution in [3.8, 4) is 0 Å². The summed E-state index contributed by atoms with van der Waals surface area (Å²) in [5.74, 6) is 2.70. The van der Waals surface area contributed by atoms with Gasteiger partial charge in [-0.15, -0.1) is 0 Å². The summed E-state index contributed by atoms with van der Waals surface area (Å²) in [6.45, 7) is 8.90. The zero-order valence-electron chi connectivity index (χ0n) is 27.5. The minimum absolute atomic E-state index is 0.284. The van der Waals surface area contributed by atoms with Crippen LogP contribution in [0, 0.1) is 12.8 Å². The molecule has 4 heterocycles. The van der Waals surface area contributed by atoms with Crippen molar-refractivity contribution in [2.24, 2.45) is 5.92 Å². The summed E-state index contributed by atoms with van der Waals surface area (Å²) < 4.78 is 5.64. The van der Waals surface area contributed by atoms with Gasteiger partial charge in [0.05, 0.1) is 11.4 Å². The van der Waals surface area contributed by atoms with E-state index in [0.717, 1.165) is 67.1 Å². The van der Waals surface area contributed by atoms with Gasteiger partial charge in [0.15, 0.2) is 5.78 Å². The summed E-state index contributed by atoms with van der Waals surface area (Å²) in [7, 11) is 0. The maximum Gasteiger partial charge on any atom is 0.155 e. The number of carbonyl (C=O) groups is 2. The van der Waals surface area contributed by atoms with E-state index in [1.807, 2.05) is 6.08 Å². The van der Waals surface area contributed by atoms with E-state index in [9.17, 15) is 9.59 Å². The summed E-state index contributed by atoms with van der Waals surface area (Å²) in [4.78, 5) is 30.4. The molecule has 0 amide bonds. The lowest BCUT2D eigenvalue weighted by atomic mass is 9.90. The Morgan fingerprint density at radius 3 is 1.84 bits per heavy atom. The molecule has 4 aromatic rings. The molecule has 4 aliphatic carbocycles. The van der Waals surface area contributed by atoms with Crippen molar-refractivity contribution in [2.45, 2.75) is 123 Å². The molecule has 0 aliphatic heterocycles.